The van der Waals surface area contributed by atoms with Crippen LogP contribution in [0.2, 0.25) is 0 Å². The molecule has 0 saturated carbocycles. The highest BCUT2D eigenvalue weighted by Crippen LogP contribution is 2.26. The van der Waals surface area contributed by atoms with Crippen molar-refractivity contribution in [1.29, 1.82) is 0 Å². The standard InChI is InChI=1S/C25H31NO5S/c1-2-3-4-5-6-7-8-9-10-11-24(27)31-22-16-12-20(13-17-22)25(28)32-23-18-14-21(15-19-23)26(29)30/h12-19H,2-11H2,1H3. The quantitative estimate of drug-likeness (QED) is 0.0736. The van der Waals surface area contributed by atoms with Crippen molar-refractivity contribution in [1.82, 2.24) is 0 Å². The number of rotatable bonds is 14. The second-order valence-electron chi connectivity index (χ2n) is 7.72. The van der Waals surface area contributed by atoms with Gasteiger partial charge in [-0.1, -0.05) is 58.3 Å². The van der Waals surface area contributed by atoms with Crippen molar-refractivity contribution >= 4 is 28.5 Å². The molecule has 0 heterocycles. The Bertz CT molecular complexity index is 865. The summed E-state index contributed by atoms with van der Waals surface area (Å²) < 4.78 is 5.35. The monoisotopic (exact) mass is 457 g/mol. The molecule has 6 nitrogen and oxygen atoms in total. The van der Waals surface area contributed by atoms with Crippen LogP contribution in [0.1, 0.15) is 81.5 Å². The summed E-state index contributed by atoms with van der Waals surface area (Å²) in [7, 11) is 0. The maximum atomic E-state index is 12.4. The molecule has 0 atom stereocenters. The van der Waals surface area contributed by atoms with Crippen molar-refractivity contribution in [2.24, 2.45) is 0 Å². The average molecular weight is 458 g/mol. The van der Waals surface area contributed by atoms with Crippen molar-refractivity contribution in [2.75, 3.05) is 0 Å². The lowest BCUT2D eigenvalue weighted by molar-refractivity contribution is -0.384. The molecule has 0 unspecified atom stereocenters. The molecule has 2 aromatic rings. The van der Waals surface area contributed by atoms with Crippen LogP contribution in [0.25, 0.3) is 0 Å². The average Bonchev–Trinajstić information content (AvgIpc) is 2.78. The van der Waals surface area contributed by atoms with Crippen molar-refractivity contribution < 1.29 is 19.2 Å². The molecule has 0 bridgehead atoms. The van der Waals surface area contributed by atoms with Crippen LogP contribution in [-0.4, -0.2) is 16.0 Å². The number of hydrogen-bond acceptors (Lipinski definition) is 6. The van der Waals surface area contributed by atoms with Crippen LogP contribution in [0, 0.1) is 10.1 Å². The van der Waals surface area contributed by atoms with Gasteiger partial charge < -0.3 is 4.74 Å². The first-order chi connectivity index (χ1) is 15.5. The van der Waals surface area contributed by atoms with Gasteiger partial charge in [0.05, 0.1) is 4.92 Å². The minimum absolute atomic E-state index is 0.0182. The lowest BCUT2D eigenvalue weighted by Gasteiger charge is -2.06. The molecule has 7 heteroatoms. The van der Waals surface area contributed by atoms with E-state index in [-0.39, 0.29) is 16.8 Å². The number of esters is 1. The number of benzene rings is 2. The topological polar surface area (TPSA) is 86.5 Å². The van der Waals surface area contributed by atoms with Gasteiger partial charge in [0.1, 0.15) is 5.75 Å². The number of nitrogens with zero attached hydrogens (tertiary/aromatic N) is 1. The third kappa shape index (κ3) is 9.64. The lowest BCUT2D eigenvalue weighted by Crippen LogP contribution is -2.07. The Hall–Kier alpha value is -2.67. The van der Waals surface area contributed by atoms with Gasteiger partial charge in [0, 0.05) is 29.0 Å². The first-order valence-electron chi connectivity index (χ1n) is 11.3. The highest BCUT2D eigenvalue weighted by atomic mass is 32.2. The van der Waals surface area contributed by atoms with E-state index in [4.69, 9.17) is 4.74 Å². The van der Waals surface area contributed by atoms with E-state index in [0.717, 1.165) is 31.0 Å². The molecule has 2 aromatic carbocycles. The van der Waals surface area contributed by atoms with Crippen LogP contribution >= 0.6 is 11.8 Å². The Morgan fingerprint density at radius 3 is 1.97 bits per heavy atom. The van der Waals surface area contributed by atoms with Gasteiger partial charge in [-0.05, 0) is 54.6 Å². The SMILES string of the molecule is CCCCCCCCCCCC(=O)Oc1ccc(C(=O)Sc2ccc([N+](=O)[O-])cc2)cc1. The normalized spacial score (nSPS) is 10.7. The second kappa shape index (κ2) is 14.4. The van der Waals surface area contributed by atoms with Gasteiger partial charge in [0.2, 0.25) is 5.12 Å². The van der Waals surface area contributed by atoms with Crippen LogP contribution in [0.4, 0.5) is 5.69 Å². The zero-order valence-electron chi connectivity index (χ0n) is 18.6. The van der Waals surface area contributed by atoms with E-state index in [0.29, 0.717) is 22.6 Å². The van der Waals surface area contributed by atoms with Crippen LogP contribution in [0.15, 0.2) is 53.4 Å². The summed E-state index contributed by atoms with van der Waals surface area (Å²) >= 11 is 0.990. The molecule has 0 aromatic heterocycles. The molecule has 0 radical (unpaired) electrons. The largest absolute Gasteiger partial charge is 0.427 e. The predicted octanol–water partition coefficient (Wildman–Crippen LogP) is 7.35. The summed E-state index contributed by atoms with van der Waals surface area (Å²) in [5, 5.41) is 10.5. The van der Waals surface area contributed by atoms with Crippen molar-refractivity contribution in [3.63, 3.8) is 0 Å². The number of unbranched alkanes of at least 4 members (excludes halogenated alkanes) is 8. The van der Waals surface area contributed by atoms with Crippen LogP contribution in [0.5, 0.6) is 5.75 Å². The first kappa shape index (κ1) is 25.6. The van der Waals surface area contributed by atoms with E-state index >= 15 is 0 Å². The van der Waals surface area contributed by atoms with Gasteiger partial charge in [-0.2, -0.15) is 0 Å². The molecule has 0 fully saturated rings. The summed E-state index contributed by atoms with van der Waals surface area (Å²) in [5.74, 6) is 0.162. The third-order valence-corrected chi connectivity index (χ3v) is 5.99. The Labute approximate surface area is 193 Å². The molecule has 0 saturated heterocycles. The fourth-order valence-corrected chi connectivity index (χ4v) is 3.96. The molecule has 172 valence electrons. The molecule has 0 aliphatic carbocycles. The van der Waals surface area contributed by atoms with Gasteiger partial charge in [0.25, 0.3) is 5.69 Å². The fraction of sp³-hybridized carbons (Fsp3) is 0.440. The van der Waals surface area contributed by atoms with Crippen LogP contribution in [-0.2, 0) is 4.79 Å². The number of ether oxygens (including phenoxy) is 1. The zero-order chi connectivity index (χ0) is 23.2. The van der Waals surface area contributed by atoms with Gasteiger partial charge in [-0.25, -0.2) is 0 Å². The summed E-state index contributed by atoms with van der Waals surface area (Å²) in [6.07, 6.45) is 11.1. The van der Waals surface area contributed by atoms with E-state index in [2.05, 4.69) is 6.92 Å². The Morgan fingerprint density at radius 1 is 0.844 bits per heavy atom. The van der Waals surface area contributed by atoms with Gasteiger partial charge in [-0.3, -0.25) is 19.7 Å². The summed E-state index contributed by atoms with van der Waals surface area (Å²) in [5.41, 5.74) is 0.447. The smallest absolute Gasteiger partial charge is 0.311 e. The third-order valence-electron chi connectivity index (χ3n) is 5.06. The molecule has 0 aliphatic rings. The van der Waals surface area contributed by atoms with Crippen LogP contribution < -0.4 is 4.74 Å². The van der Waals surface area contributed by atoms with Crippen LogP contribution in [0.3, 0.4) is 0 Å². The molecular formula is C25H31NO5S. The lowest BCUT2D eigenvalue weighted by atomic mass is 10.1. The maximum absolute atomic E-state index is 12.4. The first-order valence-corrected chi connectivity index (χ1v) is 12.1. The summed E-state index contributed by atoms with van der Waals surface area (Å²) in [6.45, 7) is 2.22. The molecule has 0 aliphatic heterocycles. The minimum atomic E-state index is -0.480. The number of hydrogen-bond donors (Lipinski definition) is 0. The summed E-state index contributed by atoms with van der Waals surface area (Å²) in [6, 6.07) is 12.3. The number of thioether (sulfide) groups is 1. The van der Waals surface area contributed by atoms with Crippen molar-refractivity contribution in [3.05, 3.63) is 64.2 Å². The van der Waals surface area contributed by atoms with Gasteiger partial charge in [-0.15, -0.1) is 0 Å². The molecule has 0 spiro atoms. The van der Waals surface area contributed by atoms with Gasteiger partial charge in [0.15, 0.2) is 0 Å². The van der Waals surface area contributed by atoms with E-state index < -0.39 is 4.92 Å². The minimum Gasteiger partial charge on any atom is -0.427 e. The molecule has 2 rings (SSSR count). The maximum Gasteiger partial charge on any atom is 0.311 e. The van der Waals surface area contributed by atoms with Crippen molar-refractivity contribution in [3.8, 4) is 5.75 Å². The van der Waals surface area contributed by atoms with Gasteiger partial charge >= 0.3 is 5.97 Å². The zero-order valence-corrected chi connectivity index (χ0v) is 19.4. The molecular weight excluding hydrogens is 426 g/mol. The summed E-state index contributed by atoms with van der Waals surface area (Å²) in [4.78, 5) is 35.2. The predicted molar refractivity (Wildman–Crippen MR) is 127 cm³/mol. The van der Waals surface area contributed by atoms with Crippen molar-refractivity contribution in [2.45, 2.75) is 76.0 Å². The highest BCUT2D eigenvalue weighted by molar-refractivity contribution is 8.14. The molecule has 32 heavy (non-hydrogen) atoms. The Morgan fingerprint density at radius 2 is 1.41 bits per heavy atom. The van der Waals surface area contributed by atoms with E-state index in [9.17, 15) is 19.7 Å². The number of carbonyl (C=O) groups excluding carboxylic acids is 2. The Balaban J connectivity index is 1.67. The van der Waals surface area contributed by atoms with E-state index in [1.807, 2.05) is 0 Å². The fourth-order valence-electron chi connectivity index (χ4n) is 3.22. The second-order valence-corrected chi connectivity index (χ2v) is 8.76. The molecule has 0 amide bonds. The number of non-ortho nitro benzene ring substituents is 1. The number of nitro benzene ring substituents is 1. The number of nitro groups is 1. The van der Waals surface area contributed by atoms with E-state index in [1.54, 1.807) is 36.4 Å². The van der Waals surface area contributed by atoms with E-state index in [1.165, 1.54) is 50.7 Å². The Kier molecular flexibility index (Phi) is 11.5. The molecule has 0 N–H and O–H groups in total. The highest BCUT2D eigenvalue weighted by Gasteiger charge is 2.11. The number of carbonyl (C=O) groups is 2.